The summed E-state index contributed by atoms with van der Waals surface area (Å²) in [5.74, 6) is 1.45. The fourth-order valence-corrected chi connectivity index (χ4v) is 3.43. The van der Waals surface area contributed by atoms with Crippen molar-refractivity contribution in [3.8, 4) is 17.0 Å². The van der Waals surface area contributed by atoms with Crippen LogP contribution in [0.4, 0.5) is 0 Å². The van der Waals surface area contributed by atoms with Gasteiger partial charge in [0.2, 0.25) is 0 Å². The minimum atomic E-state index is -0.194. The van der Waals surface area contributed by atoms with Crippen LogP contribution < -0.4 is 10.1 Å². The van der Waals surface area contributed by atoms with Crippen LogP contribution in [-0.4, -0.2) is 47.6 Å². The lowest BCUT2D eigenvalue weighted by molar-refractivity contribution is 0.0925. The normalized spacial score (nSPS) is 18.9. The Morgan fingerprint density at radius 2 is 2.25 bits per heavy atom. The number of aromatic amines is 1. The number of carbonyl (C=O) groups excluding carboxylic acids is 1. The Balaban J connectivity index is 1.48. The Morgan fingerprint density at radius 3 is 3.04 bits per heavy atom. The van der Waals surface area contributed by atoms with Gasteiger partial charge < -0.3 is 19.3 Å². The number of nitrogens with zero attached hydrogens (tertiary/aromatic N) is 2. The van der Waals surface area contributed by atoms with E-state index < -0.39 is 0 Å². The second kappa shape index (κ2) is 7.85. The maximum Gasteiger partial charge on any atom is 0.255 e. The van der Waals surface area contributed by atoms with Gasteiger partial charge in [-0.2, -0.15) is 5.10 Å². The van der Waals surface area contributed by atoms with E-state index in [1.165, 1.54) is 6.20 Å². The monoisotopic (exact) mass is 382 g/mol. The highest BCUT2D eigenvalue weighted by molar-refractivity contribution is 6.00. The van der Waals surface area contributed by atoms with Crippen LogP contribution in [0.15, 0.2) is 41.1 Å². The van der Waals surface area contributed by atoms with E-state index in [-0.39, 0.29) is 17.9 Å². The highest BCUT2D eigenvalue weighted by Crippen LogP contribution is 2.26. The molecule has 4 rings (SSSR count). The summed E-state index contributed by atoms with van der Waals surface area (Å²) < 4.78 is 16.2. The summed E-state index contributed by atoms with van der Waals surface area (Å²) in [7, 11) is 1.61. The molecule has 3 heterocycles. The molecule has 0 radical (unpaired) electrons. The first kappa shape index (κ1) is 18.2. The van der Waals surface area contributed by atoms with Gasteiger partial charge in [-0.1, -0.05) is 17.3 Å². The molecule has 1 aromatic carbocycles. The lowest BCUT2D eigenvalue weighted by Crippen LogP contribution is -2.40. The quantitative estimate of drug-likeness (QED) is 0.679. The fraction of sp³-hybridized carbons (Fsp3) is 0.350. The molecule has 0 saturated carbocycles. The SMILES string of the molecule is COc1cccc(-c2[nH]ncc2C(=O)N[C@H]2COC[C@H]2Cc2cc(C)no2)c1. The van der Waals surface area contributed by atoms with Crippen LogP contribution in [0.25, 0.3) is 11.3 Å². The average molecular weight is 382 g/mol. The molecule has 8 nitrogen and oxygen atoms in total. The van der Waals surface area contributed by atoms with Gasteiger partial charge in [0.25, 0.3) is 5.91 Å². The number of carbonyl (C=O) groups is 1. The second-order valence-electron chi connectivity index (χ2n) is 6.91. The Kier molecular flexibility index (Phi) is 5.12. The van der Waals surface area contributed by atoms with Crippen molar-refractivity contribution in [1.82, 2.24) is 20.7 Å². The molecule has 1 saturated heterocycles. The summed E-state index contributed by atoms with van der Waals surface area (Å²) in [5.41, 5.74) is 2.81. The number of ether oxygens (including phenoxy) is 2. The molecular formula is C20H22N4O4. The van der Waals surface area contributed by atoms with Gasteiger partial charge in [-0.25, -0.2) is 0 Å². The van der Waals surface area contributed by atoms with Crippen molar-refractivity contribution >= 4 is 5.91 Å². The van der Waals surface area contributed by atoms with Gasteiger partial charge in [-0.15, -0.1) is 0 Å². The van der Waals surface area contributed by atoms with E-state index in [0.717, 1.165) is 17.0 Å². The van der Waals surface area contributed by atoms with Crippen molar-refractivity contribution in [2.45, 2.75) is 19.4 Å². The molecule has 8 heteroatoms. The maximum atomic E-state index is 12.9. The summed E-state index contributed by atoms with van der Waals surface area (Å²) >= 11 is 0. The molecule has 28 heavy (non-hydrogen) atoms. The minimum absolute atomic E-state index is 0.106. The lowest BCUT2D eigenvalue weighted by atomic mass is 9.97. The third kappa shape index (κ3) is 3.77. The van der Waals surface area contributed by atoms with Crippen LogP contribution in [0.3, 0.4) is 0 Å². The number of H-pyrrole nitrogens is 1. The largest absolute Gasteiger partial charge is 0.497 e. The maximum absolute atomic E-state index is 12.9. The molecule has 0 bridgehead atoms. The summed E-state index contributed by atoms with van der Waals surface area (Å²) in [6, 6.07) is 9.29. The zero-order valence-electron chi connectivity index (χ0n) is 15.8. The summed E-state index contributed by atoms with van der Waals surface area (Å²) in [5, 5.41) is 14.0. The van der Waals surface area contributed by atoms with E-state index in [1.807, 2.05) is 37.3 Å². The zero-order valence-corrected chi connectivity index (χ0v) is 15.8. The fourth-order valence-electron chi connectivity index (χ4n) is 3.43. The molecule has 2 N–H and O–H groups in total. The molecule has 1 amide bonds. The highest BCUT2D eigenvalue weighted by atomic mass is 16.5. The van der Waals surface area contributed by atoms with Crippen LogP contribution in [0.1, 0.15) is 21.8 Å². The molecule has 1 aliphatic heterocycles. The van der Waals surface area contributed by atoms with Crippen LogP contribution in [0.2, 0.25) is 0 Å². The second-order valence-corrected chi connectivity index (χ2v) is 6.91. The molecule has 2 aromatic heterocycles. The standard InChI is InChI=1S/C20H22N4O4/c1-12-6-16(28-24-12)8-14-10-27-11-18(14)22-20(25)17-9-21-23-19(17)13-4-3-5-15(7-13)26-2/h3-7,9,14,18H,8,10-11H2,1-2H3,(H,21,23)(H,22,25)/t14-,18+/m1/s1. The average Bonchev–Trinajstić information content (AvgIpc) is 3.44. The number of benzene rings is 1. The molecule has 2 atom stereocenters. The van der Waals surface area contributed by atoms with Gasteiger partial charge >= 0.3 is 0 Å². The number of hydrogen-bond donors (Lipinski definition) is 2. The smallest absolute Gasteiger partial charge is 0.255 e. The molecule has 0 spiro atoms. The lowest BCUT2D eigenvalue weighted by Gasteiger charge is -2.18. The van der Waals surface area contributed by atoms with Gasteiger partial charge in [0.1, 0.15) is 11.5 Å². The number of amides is 1. The number of nitrogens with one attached hydrogen (secondary N) is 2. The number of aryl methyl sites for hydroxylation is 1. The van der Waals surface area contributed by atoms with Crippen molar-refractivity contribution in [2.24, 2.45) is 5.92 Å². The number of methoxy groups -OCH3 is 1. The molecule has 146 valence electrons. The van der Waals surface area contributed by atoms with Crippen molar-refractivity contribution in [3.05, 3.63) is 53.5 Å². The van der Waals surface area contributed by atoms with Gasteiger partial charge in [0.15, 0.2) is 0 Å². The molecule has 0 aliphatic carbocycles. The summed E-state index contributed by atoms with van der Waals surface area (Å²) in [6.07, 6.45) is 2.20. The van der Waals surface area contributed by atoms with E-state index in [4.69, 9.17) is 14.0 Å². The van der Waals surface area contributed by atoms with Crippen LogP contribution >= 0.6 is 0 Å². The van der Waals surface area contributed by atoms with Gasteiger partial charge in [0.05, 0.1) is 49.5 Å². The minimum Gasteiger partial charge on any atom is -0.497 e. The first-order chi connectivity index (χ1) is 13.6. The van der Waals surface area contributed by atoms with Crippen molar-refractivity contribution in [2.75, 3.05) is 20.3 Å². The molecule has 1 fully saturated rings. The topological polar surface area (TPSA) is 102 Å². The van der Waals surface area contributed by atoms with E-state index >= 15 is 0 Å². The van der Waals surface area contributed by atoms with Crippen LogP contribution in [0.5, 0.6) is 5.75 Å². The first-order valence-corrected chi connectivity index (χ1v) is 9.12. The summed E-state index contributed by atoms with van der Waals surface area (Å²) in [6.45, 7) is 2.92. The van der Waals surface area contributed by atoms with E-state index in [1.54, 1.807) is 7.11 Å². The Hall–Kier alpha value is -3.13. The van der Waals surface area contributed by atoms with Crippen molar-refractivity contribution < 1.29 is 18.8 Å². The number of hydrogen-bond acceptors (Lipinski definition) is 6. The van der Waals surface area contributed by atoms with Crippen molar-refractivity contribution in [3.63, 3.8) is 0 Å². The van der Waals surface area contributed by atoms with Crippen molar-refractivity contribution in [1.29, 1.82) is 0 Å². The van der Waals surface area contributed by atoms with Crippen LogP contribution in [0, 0.1) is 12.8 Å². The summed E-state index contributed by atoms with van der Waals surface area (Å²) in [4.78, 5) is 12.9. The van der Waals surface area contributed by atoms with Gasteiger partial charge in [0, 0.05) is 24.0 Å². The molecule has 0 unspecified atom stereocenters. The zero-order chi connectivity index (χ0) is 19.5. The predicted octanol–water partition coefficient (Wildman–Crippen LogP) is 2.37. The van der Waals surface area contributed by atoms with Gasteiger partial charge in [-0.05, 0) is 19.1 Å². The number of rotatable bonds is 6. The van der Waals surface area contributed by atoms with E-state index in [9.17, 15) is 4.79 Å². The van der Waals surface area contributed by atoms with Gasteiger partial charge in [-0.3, -0.25) is 9.89 Å². The number of aromatic nitrogens is 3. The van der Waals surface area contributed by atoms with Crippen LogP contribution in [-0.2, 0) is 11.2 Å². The first-order valence-electron chi connectivity index (χ1n) is 9.12. The third-order valence-corrected chi connectivity index (χ3v) is 4.90. The van der Waals surface area contributed by atoms with E-state index in [2.05, 4.69) is 20.7 Å². The molecule has 3 aromatic rings. The Morgan fingerprint density at radius 1 is 1.36 bits per heavy atom. The molecular weight excluding hydrogens is 360 g/mol. The predicted molar refractivity (Wildman–Crippen MR) is 101 cm³/mol. The Labute approximate surface area is 162 Å². The van der Waals surface area contributed by atoms with E-state index in [0.29, 0.717) is 36.6 Å². The molecule has 1 aliphatic rings. The third-order valence-electron chi connectivity index (χ3n) is 4.90. The highest BCUT2D eigenvalue weighted by Gasteiger charge is 2.31. The Bertz CT molecular complexity index is 965.